The molecule has 0 bridgehead atoms. The monoisotopic (exact) mass is 521 g/mol. The number of likely N-dealkylation sites (tertiary alicyclic amines) is 1. The van der Waals surface area contributed by atoms with Gasteiger partial charge in [0.2, 0.25) is 5.91 Å². The molecule has 8 nitrogen and oxygen atoms in total. The summed E-state index contributed by atoms with van der Waals surface area (Å²) in [6, 6.07) is 12.9. The zero-order valence-corrected chi connectivity index (χ0v) is 20.2. The maximum Gasteiger partial charge on any atom is 0.432 e. The third-order valence-corrected chi connectivity index (χ3v) is 5.90. The van der Waals surface area contributed by atoms with Crippen molar-refractivity contribution in [3.8, 4) is 35.0 Å². The number of anilines is 1. The maximum atomic E-state index is 13.0. The van der Waals surface area contributed by atoms with Gasteiger partial charge in [-0.3, -0.25) is 9.59 Å². The summed E-state index contributed by atoms with van der Waals surface area (Å²) < 4.78 is 45.0. The van der Waals surface area contributed by atoms with Crippen molar-refractivity contribution < 1.29 is 27.5 Å². The zero-order valence-electron chi connectivity index (χ0n) is 20.2. The molecule has 1 aliphatic heterocycles. The molecule has 0 spiro atoms. The van der Waals surface area contributed by atoms with E-state index in [-0.39, 0.29) is 29.9 Å². The third kappa shape index (κ3) is 6.51. The van der Waals surface area contributed by atoms with E-state index in [1.54, 1.807) is 23.1 Å². The Bertz CT molecular complexity index is 1460. The van der Waals surface area contributed by atoms with Crippen LogP contribution in [0.1, 0.15) is 30.2 Å². The van der Waals surface area contributed by atoms with Gasteiger partial charge >= 0.3 is 12.1 Å². The van der Waals surface area contributed by atoms with E-state index < -0.39 is 17.8 Å². The number of rotatable bonds is 5. The minimum absolute atomic E-state index is 0.0136. The number of nitriles is 1. The molecule has 11 heteroatoms. The third-order valence-electron chi connectivity index (χ3n) is 5.90. The molecule has 2 aromatic carbocycles. The van der Waals surface area contributed by atoms with E-state index in [2.05, 4.69) is 27.1 Å². The lowest BCUT2D eigenvalue weighted by Crippen LogP contribution is -2.27. The number of amides is 2. The van der Waals surface area contributed by atoms with Gasteiger partial charge in [-0.2, -0.15) is 18.4 Å². The smallest absolute Gasteiger partial charge is 0.432 e. The number of benzene rings is 2. The Balaban J connectivity index is 1.56. The number of hydrogen-bond acceptors (Lipinski definition) is 5. The molecule has 2 heterocycles. The number of carbonyl (C=O) groups excluding carboxylic acids is 2. The number of aromatic nitrogens is 2. The van der Waals surface area contributed by atoms with Gasteiger partial charge in [0.25, 0.3) is 0 Å². The van der Waals surface area contributed by atoms with Crippen LogP contribution in [-0.2, 0) is 15.8 Å². The Hall–Kier alpha value is -4.77. The number of nitrogens with zero attached hydrogens (tertiary/aromatic N) is 3. The molecule has 1 fully saturated rings. The molecule has 4 rings (SSSR count). The highest BCUT2D eigenvalue weighted by Gasteiger charge is 2.33. The fourth-order valence-corrected chi connectivity index (χ4v) is 3.92. The Labute approximate surface area is 216 Å². The SMILES string of the molecule is CC(=O)N1CCC(COc2ccc(-c3ncc(C(F)(F)F)[nH]3)cc2NC(=O)C#Cc2cccc(C#N)c2)C1. The molecule has 0 aliphatic carbocycles. The summed E-state index contributed by atoms with van der Waals surface area (Å²) in [6.45, 7) is 2.97. The molecule has 2 N–H and O–H groups in total. The van der Waals surface area contributed by atoms with Crippen molar-refractivity contribution in [1.29, 1.82) is 5.26 Å². The first kappa shape index (κ1) is 26.3. The molecule has 1 saturated heterocycles. The second-order valence-corrected chi connectivity index (χ2v) is 8.68. The van der Waals surface area contributed by atoms with E-state index >= 15 is 0 Å². The van der Waals surface area contributed by atoms with Crippen LogP contribution >= 0.6 is 0 Å². The molecule has 1 atom stereocenters. The summed E-state index contributed by atoms with van der Waals surface area (Å²) in [5.41, 5.74) is 0.351. The van der Waals surface area contributed by atoms with Crippen LogP contribution in [0.3, 0.4) is 0 Å². The highest BCUT2D eigenvalue weighted by Crippen LogP contribution is 2.33. The number of alkyl halides is 3. The second-order valence-electron chi connectivity index (χ2n) is 8.68. The minimum atomic E-state index is -4.58. The zero-order chi connectivity index (χ0) is 27.3. The molecule has 3 aromatic rings. The van der Waals surface area contributed by atoms with Gasteiger partial charge in [0.05, 0.1) is 30.1 Å². The maximum absolute atomic E-state index is 13.0. The van der Waals surface area contributed by atoms with E-state index in [0.29, 0.717) is 41.7 Å². The normalized spacial score (nSPS) is 14.8. The van der Waals surface area contributed by atoms with E-state index in [9.17, 15) is 22.8 Å². The number of carbonyl (C=O) groups is 2. The molecule has 2 amide bonds. The molecule has 194 valence electrons. The van der Waals surface area contributed by atoms with E-state index in [1.807, 2.05) is 6.07 Å². The van der Waals surface area contributed by atoms with Crippen LogP contribution in [0.2, 0.25) is 0 Å². The number of nitrogens with one attached hydrogen (secondary N) is 2. The highest BCUT2D eigenvalue weighted by molar-refractivity contribution is 6.05. The lowest BCUT2D eigenvalue weighted by Gasteiger charge is -2.17. The average molecular weight is 521 g/mol. The summed E-state index contributed by atoms with van der Waals surface area (Å²) in [5.74, 6) is 4.77. The van der Waals surface area contributed by atoms with Crippen LogP contribution in [-0.4, -0.2) is 46.4 Å². The first-order chi connectivity index (χ1) is 18.1. The first-order valence-corrected chi connectivity index (χ1v) is 11.6. The van der Waals surface area contributed by atoms with Gasteiger partial charge in [-0.05, 0) is 42.8 Å². The fraction of sp³-hybridized carbons (Fsp3) is 0.259. The number of H-pyrrole nitrogens is 1. The van der Waals surface area contributed by atoms with Gasteiger partial charge in [-0.1, -0.05) is 12.0 Å². The van der Waals surface area contributed by atoms with Crippen LogP contribution in [0.25, 0.3) is 11.4 Å². The number of aromatic amines is 1. The highest BCUT2D eigenvalue weighted by atomic mass is 19.4. The van der Waals surface area contributed by atoms with Crippen molar-refractivity contribution in [2.75, 3.05) is 25.0 Å². The summed E-state index contributed by atoms with van der Waals surface area (Å²) in [5, 5.41) is 11.6. The summed E-state index contributed by atoms with van der Waals surface area (Å²) in [4.78, 5) is 32.0. The topological polar surface area (TPSA) is 111 Å². The minimum Gasteiger partial charge on any atom is -0.491 e. The number of hydrogen-bond donors (Lipinski definition) is 2. The molecule has 1 unspecified atom stereocenters. The Morgan fingerprint density at radius 2 is 2.03 bits per heavy atom. The van der Waals surface area contributed by atoms with Gasteiger partial charge in [0, 0.05) is 43.0 Å². The van der Waals surface area contributed by atoms with Crippen LogP contribution in [0.4, 0.5) is 18.9 Å². The summed E-state index contributed by atoms with van der Waals surface area (Å²) in [6.07, 6.45) is -3.13. The lowest BCUT2D eigenvalue weighted by atomic mass is 10.1. The number of imidazole rings is 1. The molecular weight excluding hydrogens is 499 g/mol. The number of halogens is 3. The second kappa shape index (κ2) is 11.1. The molecule has 38 heavy (non-hydrogen) atoms. The molecule has 0 saturated carbocycles. The Kier molecular flexibility index (Phi) is 7.68. The molecular formula is C27H22F3N5O3. The molecule has 0 radical (unpaired) electrons. The van der Waals surface area contributed by atoms with E-state index in [1.165, 1.54) is 31.2 Å². The van der Waals surface area contributed by atoms with Crippen LogP contribution in [0, 0.1) is 29.1 Å². The van der Waals surface area contributed by atoms with Gasteiger partial charge in [-0.15, -0.1) is 0 Å². The van der Waals surface area contributed by atoms with Crippen molar-refractivity contribution in [1.82, 2.24) is 14.9 Å². The Morgan fingerprint density at radius 1 is 1.24 bits per heavy atom. The molecule has 1 aromatic heterocycles. The summed E-state index contributed by atoms with van der Waals surface area (Å²) >= 11 is 0. The van der Waals surface area contributed by atoms with Crippen molar-refractivity contribution in [3.63, 3.8) is 0 Å². The fourth-order valence-electron chi connectivity index (χ4n) is 3.92. The van der Waals surface area contributed by atoms with Gasteiger partial charge in [0.15, 0.2) is 0 Å². The lowest BCUT2D eigenvalue weighted by molar-refractivity contribution is -0.140. The van der Waals surface area contributed by atoms with Gasteiger partial charge in [-0.25, -0.2) is 4.98 Å². The van der Waals surface area contributed by atoms with Crippen LogP contribution < -0.4 is 10.1 Å². The predicted molar refractivity (Wildman–Crippen MR) is 132 cm³/mol. The van der Waals surface area contributed by atoms with Crippen molar-refractivity contribution in [3.05, 3.63) is 65.5 Å². The van der Waals surface area contributed by atoms with Crippen LogP contribution in [0.5, 0.6) is 5.75 Å². The van der Waals surface area contributed by atoms with Crippen molar-refractivity contribution in [2.45, 2.75) is 19.5 Å². The summed E-state index contributed by atoms with van der Waals surface area (Å²) in [7, 11) is 0. The Morgan fingerprint density at radius 3 is 2.71 bits per heavy atom. The first-order valence-electron chi connectivity index (χ1n) is 11.6. The number of ether oxygens (including phenoxy) is 1. The standard InChI is InChI=1S/C27H22F3N5O3/c1-17(36)35-10-9-20(15-35)16-38-23-7-6-21(26-32-14-24(34-26)27(28,29)30)12-22(23)33-25(37)8-5-18-3-2-4-19(11-18)13-31/h2-4,6-7,11-12,14,20H,9-10,15-16H2,1H3,(H,32,34)(H,33,37). The quantitative estimate of drug-likeness (QED) is 0.489. The van der Waals surface area contributed by atoms with Gasteiger partial charge < -0.3 is 19.9 Å². The van der Waals surface area contributed by atoms with E-state index in [4.69, 9.17) is 10.00 Å². The van der Waals surface area contributed by atoms with Crippen LogP contribution in [0.15, 0.2) is 48.7 Å². The van der Waals surface area contributed by atoms with E-state index in [0.717, 1.165) is 6.42 Å². The van der Waals surface area contributed by atoms with Gasteiger partial charge in [0.1, 0.15) is 17.3 Å². The largest absolute Gasteiger partial charge is 0.491 e. The molecule has 1 aliphatic rings. The van der Waals surface area contributed by atoms with Crippen molar-refractivity contribution in [2.24, 2.45) is 5.92 Å². The average Bonchev–Trinajstić information content (AvgIpc) is 3.57. The predicted octanol–water partition coefficient (Wildman–Crippen LogP) is 4.20. The van der Waals surface area contributed by atoms with Crippen molar-refractivity contribution >= 4 is 17.5 Å².